The van der Waals surface area contributed by atoms with Gasteiger partial charge in [0.15, 0.2) is 0 Å². The van der Waals surface area contributed by atoms with E-state index in [2.05, 4.69) is 27.2 Å². The van der Waals surface area contributed by atoms with E-state index >= 15 is 0 Å². The van der Waals surface area contributed by atoms with Crippen molar-refractivity contribution >= 4 is 17.1 Å². The number of unbranched alkanes of at least 4 members (excludes halogenated alkanes) is 1. The minimum absolute atomic E-state index is 0.0584. The number of carbonyl (C=O) groups is 1. The maximum Gasteiger partial charge on any atom is 0.317 e. The molecule has 1 heterocycles. The lowest BCUT2D eigenvalue weighted by molar-refractivity contribution is 0.202. The molecule has 1 atom stereocenters. The van der Waals surface area contributed by atoms with Crippen molar-refractivity contribution < 1.29 is 9.42 Å². The normalized spacial score (nSPS) is 12.3. The Morgan fingerprint density at radius 2 is 2.14 bits per heavy atom. The molecule has 114 valence electrons. The first-order valence-electron chi connectivity index (χ1n) is 7.33. The van der Waals surface area contributed by atoms with Crippen LogP contribution in [0.1, 0.15) is 38.7 Å². The van der Waals surface area contributed by atoms with Gasteiger partial charge < -0.3 is 10.2 Å². The lowest BCUT2D eigenvalue weighted by Gasteiger charge is -2.21. The third-order valence-electron chi connectivity index (χ3n) is 3.45. The lowest BCUT2D eigenvalue weighted by Crippen LogP contribution is -2.41. The molecule has 0 aliphatic carbocycles. The molecular weight excluding hydrogens is 268 g/mol. The van der Waals surface area contributed by atoms with Crippen LogP contribution in [-0.4, -0.2) is 34.3 Å². The second kappa shape index (κ2) is 7.06. The highest BCUT2D eigenvalue weighted by Gasteiger charge is 2.12. The zero-order valence-electron chi connectivity index (χ0n) is 12.8. The molecule has 2 aromatic rings. The van der Waals surface area contributed by atoms with Crippen LogP contribution in [0, 0.1) is 0 Å². The van der Waals surface area contributed by atoms with E-state index in [1.807, 2.05) is 25.1 Å². The number of fused-ring (bicyclic) bond motifs is 1. The van der Waals surface area contributed by atoms with Crippen molar-refractivity contribution in [1.82, 2.24) is 20.5 Å². The van der Waals surface area contributed by atoms with Crippen LogP contribution in [0.5, 0.6) is 0 Å². The van der Waals surface area contributed by atoms with Gasteiger partial charge in [-0.1, -0.05) is 25.8 Å². The quantitative estimate of drug-likeness (QED) is 0.888. The van der Waals surface area contributed by atoms with Crippen LogP contribution >= 0.6 is 0 Å². The first-order valence-corrected chi connectivity index (χ1v) is 7.33. The summed E-state index contributed by atoms with van der Waals surface area (Å²) >= 11 is 0. The van der Waals surface area contributed by atoms with Gasteiger partial charge in [-0.05, 0) is 41.4 Å². The van der Waals surface area contributed by atoms with E-state index in [0.717, 1.165) is 30.3 Å². The Hall–Kier alpha value is -2.11. The van der Waals surface area contributed by atoms with Crippen molar-refractivity contribution in [1.29, 1.82) is 0 Å². The van der Waals surface area contributed by atoms with Gasteiger partial charge in [0.2, 0.25) is 0 Å². The number of benzene rings is 1. The number of hydrogen-bond donors (Lipinski definition) is 1. The molecule has 6 heteroatoms. The van der Waals surface area contributed by atoms with Crippen LogP contribution in [-0.2, 0) is 6.54 Å². The third kappa shape index (κ3) is 4.18. The molecule has 1 aromatic heterocycles. The molecule has 21 heavy (non-hydrogen) atoms. The van der Waals surface area contributed by atoms with Crippen molar-refractivity contribution in [2.75, 3.05) is 7.05 Å². The molecule has 0 radical (unpaired) electrons. The van der Waals surface area contributed by atoms with E-state index in [1.165, 1.54) is 0 Å². The summed E-state index contributed by atoms with van der Waals surface area (Å²) in [6, 6.07) is 5.79. The van der Waals surface area contributed by atoms with E-state index in [-0.39, 0.29) is 12.1 Å². The lowest BCUT2D eigenvalue weighted by atomic mass is 10.1. The molecule has 0 aliphatic heterocycles. The smallest absolute Gasteiger partial charge is 0.317 e. The number of amides is 2. The van der Waals surface area contributed by atoms with Crippen LogP contribution in [0.15, 0.2) is 22.8 Å². The monoisotopic (exact) mass is 290 g/mol. The van der Waals surface area contributed by atoms with Crippen LogP contribution in [0.2, 0.25) is 0 Å². The Bertz CT molecular complexity index is 596. The SMILES string of the molecule is CCCC[C@@H](C)NC(=O)N(C)Cc1ccc2nonc2c1. The molecule has 1 aromatic carbocycles. The van der Waals surface area contributed by atoms with Crippen molar-refractivity contribution in [2.24, 2.45) is 0 Å². The molecule has 2 rings (SSSR count). The Morgan fingerprint density at radius 1 is 1.38 bits per heavy atom. The van der Waals surface area contributed by atoms with Gasteiger partial charge in [-0.15, -0.1) is 0 Å². The summed E-state index contributed by atoms with van der Waals surface area (Å²) in [5.74, 6) is 0. The third-order valence-corrected chi connectivity index (χ3v) is 3.45. The summed E-state index contributed by atoms with van der Waals surface area (Å²) in [7, 11) is 1.78. The van der Waals surface area contributed by atoms with E-state index in [4.69, 9.17) is 0 Å². The summed E-state index contributed by atoms with van der Waals surface area (Å²) in [6.07, 6.45) is 3.27. The minimum Gasteiger partial charge on any atom is -0.336 e. The van der Waals surface area contributed by atoms with Gasteiger partial charge in [-0.2, -0.15) is 0 Å². The predicted molar refractivity (Wildman–Crippen MR) is 80.8 cm³/mol. The molecule has 1 N–H and O–H groups in total. The van der Waals surface area contributed by atoms with E-state index in [0.29, 0.717) is 12.1 Å². The highest BCUT2D eigenvalue weighted by molar-refractivity contribution is 5.75. The van der Waals surface area contributed by atoms with E-state index in [1.54, 1.807) is 11.9 Å². The highest BCUT2D eigenvalue weighted by Crippen LogP contribution is 2.13. The van der Waals surface area contributed by atoms with Gasteiger partial charge in [0.1, 0.15) is 11.0 Å². The second-order valence-electron chi connectivity index (χ2n) is 5.44. The van der Waals surface area contributed by atoms with E-state index < -0.39 is 0 Å². The zero-order chi connectivity index (χ0) is 15.2. The van der Waals surface area contributed by atoms with Gasteiger partial charge in [0.25, 0.3) is 0 Å². The number of urea groups is 1. The number of hydrogen-bond acceptors (Lipinski definition) is 4. The van der Waals surface area contributed by atoms with Gasteiger partial charge in [-0.25, -0.2) is 9.42 Å². The molecule has 6 nitrogen and oxygen atoms in total. The molecule has 0 saturated heterocycles. The van der Waals surface area contributed by atoms with Crippen molar-refractivity contribution in [3.63, 3.8) is 0 Å². The molecule has 0 unspecified atom stereocenters. The molecular formula is C15H22N4O2. The minimum atomic E-state index is -0.0584. The van der Waals surface area contributed by atoms with E-state index in [9.17, 15) is 4.79 Å². The van der Waals surface area contributed by atoms with Crippen molar-refractivity contribution in [2.45, 2.75) is 45.7 Å². The molecule has 0 bridgehead atoms. The Kier molecular flexibility index (Phi) is 5.14. The number of nitrogens with zero attached hydrogens (tertiary/aromatic N) is 3. The standard InChI is InChI=1S/C15H22N4O2/c1-4-5-6-11(2)16-15(20)19(3)10-12-7-8-13-14(9-12)18-21-17-13/h7-9,11H,4-6,10H2,1-3H3,(H,16,20)/t11-/m1/s1. The summed E-state index contributed by atoms with van der Waals surface area (Å²) in [6.45, 7) is 4.71. The first kappa shape index (κ1) is 15.3. The summed E-state index contributed by atoms with van der Waals surface area (Å²) in [4.78, 5) is 13.8. The largest absolute Gasteiger partial charge is 0.336 e. The summed E-state index contributed by atoms with van der Waals surface area (Å²) in [5, 5.41) is 10.6. The fourth-order valence-corrected chi connectivity index (χ4v) is 2.18. The maximum absolute atomic E-state index is 12.1. The van der Waals surface area contributed by atoms with Crippen LogP contribution < -0.4 is 5.32 Å². The number of rotatable bonds is 6. The van der Waals surface area contributed by atoms with Crippen molar-refractivity contribution in [3.05, 3.63) is 23.8 Å². The fourth-order valence-electron chi connectivity index (χ4n) is 2.18. The molecule has 0 fully saturated rings. The topological polar surface area (TPSA) is 71.3 Å². The van der Waals surface area contributed by atoms with Gasteiger partial charge in [-0.3, -0.25) is 0 Å². The average molecular weight is 290 g/mol. The predicted octanol–water partition coefficient (Wildman–Crippen LogP) is 2.94. The Labute approximate surface area is 124 Å². The second-order valence-corrected chi connectivity index (χ2v) is 5.44. The Balaban J connectivity index is 1.90. The molecule has 0 spiro atoms. The summed E-state index contributed by atoms with van der Waals surface area (Å²) < 4.78 is 4.67. The number of nitrogens with one attached hydrogen (secondary N) is 1. The van der Waals surface area contributed by atoms with Gasteiger partial charge in [0.05, 0.1) is 0 Å². The van der Waals surface area contributed by atoms with Crippen LogP contribution in [0.25, 0.3) is 11.0 Å². The van der Waals surface area contributed by atoms with Gasteiger partial charge >= 0.3 is 6.03 Å². The number of carbonyl (C=O) groups excluding carboxylic acids is 1. The molecule has 2 amide bonds. The van der Waals surface area contributed by atoms with Gasteiger partial charge in [0, 0.05) is 19.6 Å². The van der Waals surface area contributed by atoms with Crippen LogP contribution in [0.4, 0.5) is 4.79 Å². The number of aromatic nitrogens is 2. The zero-order valence-corrected chi connectivity index (χ0v) is 12.8. The molecule has 0 saturated carbocycles. The highest BCUT2D eigenvalue weighted by atomic mass is 16.6. The Morgan fingerprint density at radius 3 is 2.90 bits per heavy atom. The summed E-state index contributed by atoms with van der Waals surface area (Å²) in [5.41, 5.74) is 2.42. The maximum atomic E-state index is 12.1. The molecule has 0 aliphatic rings. The van der Waals surface area contributed by atoms with Crippen LogP contribution in [0.3, 0.4) is 0 Å². The fraction of sp³-hybridized carbons (Fsp3) is 0.533. The average Bonchev–Trinajstić information content (AvgIpc) is 2.92. The van der Waals surface area contributed by atoms with Crippen molar-refractivity contribution in [3.8, 4) is 0 Å². The first-order chi connectivity index (χ1) is 10.1.